The molecule has 0 saturated heterocycles. The highest BCUT2D eigenvalue weighted by atomic mass is 16.5. The number of rotatable bonds is 7. The lowest BCUT2D eigenvalue weighted by Gasteiger charge is -2.10. The molecule has 1 unspecified atom stereocenters. The number of nitrogens with zero attached hydrogens (tertiary/aromatic N) is 4. The highest BCUT2D eigenvalue weighted by molar-refractivity contribution is 4.80. The summed E-state index contributed by atoms with van der Waals surface area (Å²) >= 11 is 0. The summed E-state index contributed by atoms with van der Waals surface area (Å²) in [5, 5.41) is 14.8. The molecule has 1 atom stereocenters. The van der Waals surface area contributed by atoms with Crippen LogP contribution in [0.5, 0.6) is 0 Å². The lowest BCUT2D eigenvalue weighted by atomic mass is 10.4. The van der Waals surface area contributed by atoms with Crippen molar-refractivity contribution in [2.75, 3.05) is 13.7 Å². The average Bonchev–Trinajstić information content (AvgIpc) is 2.66. The van der Waals surface area contributed by atoms with E-state index in [1.807, 2.05) is 6.92 Å². The third-order valence-electron chi connectivity index (χ3n) is 2.15. The fraction of sp³-hybridized carbons (Fsp3) is 0.889. The van der Waals surface area contributed by atoms with Crippen molar-refractivity contribution in [3.05, 3.63) is 5.82 Å². The Morgan fingerprint density at radius 1 is 1.53 bits per heavy atom. The first kappa shape index (κ1) is 12.1. The van der Waals surface area contributed by atoms with Crippen molar-refractivity contribution in [2.45, 2.75) is 39.5 Å². The molecule has 0 fully saturated rings. The molecule has 6 nitrogen and oxygen atoms in total. The normalized spacial score (nSPS) is 13.0. The van der Waals surface area contributed by atoms with E-state index >= 15 is 0 Å². The third kappa shape index (κ3) is 3.93. The second kappa shape index (κ2) is 6.47. The molecule has 0 aliphatic heterocycles. The van der Waals surface area contributed by atoms with Gasteiger partial charge in [0, 0.05) is 7.11 Å². The number of tetrazole rings is 1. The van der Waals surface area contributed by atoms with Crippen molar-refractivity contribution in [3.8, 4) is 0 Å². The molecule has 0 spiro atoms. The van der Waals surface area contributed by atoms with Gasteiger partial charge in [-0.25, -0.2) is 4.68 Å². The third-order valence-corrected chi connectivity index (χ3v) is 2.15. The van der Waals surface area contributed by atoms with E-state index in [2.05, 4.69) is 27.8 Å². The molecule has 0 saturated carbocycles. The number of nitrogens with one attached hydrogen (secondary N) is 1. The number of hydrogen-bond donors (Lipinski definition) is 1. The molecule has 1 N–H and O–H groups in total. The number of methoxy groups -OCH3 is 1. The van der Waals surface area contributed by atoms with Crippen LogP contribution in [-0.2, 0) is 17.8 Å². The first-order chi connectivity index (χ1) is 7.27. The summed E-state index contributed by atoms with van der Waals surface area (Å²) in [5.41, 5.74) is 0. The quantitative estimate of drug-likeness (QED) is 0.656. The largest absolute Gasteiger partial charge is 0.380 e. The zero-order chi connectivity index (χ0) is 11.1. The molecule has 1 heterocycles. The van der Waals surface area contributed by atoms with Gasteiger partial charge in [0.15, 0.2) is 5.82 Å². The van der Waals surface area contributed by atoms with Crippen molar-refractivity contribution in [3.63, 3.8) is 0 Å². The molecular formula is C9H19N5O. The predicted molar refractivity (Wildman–Crippen MR) is 56.3 cm³/mol. The Morgan fingerprint density at radius 3 is 3.00 bits per heavy atom. The zero-order valence-corrected chi connectivity index (χ0v) is 9.60. The highest BCUT2D eigenvalue weighted by Gasteiger charge is 2.08. The molecule has 0 aliphatic carbocycles. The van der Waals surface area contributed by atoms with E-state index < -0.39 is 0 Å². The smallest absolute Gasteiger partial charge is 0.165 e. The van der Waals surface area contributed by atoms with Crippen LogP contribution in [0.4, 0.5) is 0 Å². The molecule has 1 rings (SSSR count). The van der Waals surface area contributed by atoms with Gasteiger partial charge in [-0.15, -0.1) is 5.10 Å². The maximum Gasteiger partial charge on any atom is 0.165 e. The fourth-order valence-corrected chi connectivity index (χ4v) is 1.19. The van der Waals surface area contributed by atoms with E-state index in [0.717, 1.165) is 18.8 Å². The standard InChI is InChI=1S/C9H19N5O/c1-4-5-10-6-9-11-12-13-14(9)7-8(2)15-3/h8,10H,4-7H2,1-3H3. The highest BCUT2D eigenvalue weighted by Crippen LogP contribution is 1.97. The molecule has 86 valence electrons. The van der Waals surface area contributed by atoms with Crippen LogP contribution in [0.15, 0.2) is 0 Å². The van der Waals surface area contributed by atoms with Gasteiger partial charge < -0.3 is 10.1 Å². The van der Waals surface area contributed by atoms with Gasteiger partial charge in [0.1, 0.15) is 0 Å². The van der Waals surface area contributed by atoms with Gasteiger partial charge in [-0.05, 0) is 30.3 Å². The second-order valence-electron chi connectivity index (χ2n) is 3.50. The van der Waals surface area contributed by atoms with Crippen LogP contribution in [0.2, 0.25) is 0 Å². The van der Waals surface area contributed by atoms with Crippen molar-refractivity contribution in [1.29, 1.82) is 0 Å². The van der Waals surface area contributed by atoms with Crippen LogP contribution in [0.25, 0.3) is 0 Å². The van der Waals surface area contributed by atoms with Gasteiger partial charge in [-0.3, -0.25) is 0 Å². The van der Waals surface area contributed by atoms with E-state index in [0.29, 0.717) is 13.1 Å². The van der Waals surface area contributed by atoms with Crippen LogP contribution in [0.3, 0.4) is 0 Å². The van der Waals surface area contributed by atoms with E-state index in [1.165, 1.54) is 0 Å². The summed E-state index contributed by atoms with van der Waals surface area (Å²) in [7, 11) is 1.68. The molecule has 0 amide bonds. The van der Waals surface area contributed by atoms with Gasteiger partial charge in [-0.1, -0.05) is 6.92 Å². The number of aromatic nitrogens is 4. The minimum Gasteiger partial charge on any atom is -0.380 e. The molecule has 0 aliphatic rings. The average molecular weight is 213 g/mol. The van der Waals surface area contributed by atoms with E-state index in [1.54, 1.807) is 11.8 Å². The maximum absolute atomic E-state index is 5.17. The van der Waals surface area contributed by atoms with Crippen LogP contribution in [0.1, 0.15) is 26.1 Å². The van der Waals surface area contributed by atoms with Crippen molar-refractivity contribution in [1.82, 2.24) is 25.5 Å². The summed E-state index contributed by atoms with van der Waals surface area (Å²) in [5.74, 6) is 0.854. The minimum absolute atomic E-state index is 0.124. The fourth-order valence-electron chi connectivity index (χ4n) is 1.19. The van der Waals surface area contributed by atoms with Gasteiger partial charge in [0.2, 0.25) is 0 Å². The van der Waals surface area contributed by atoms with Crippen LogP contribution >= 0.6 is 0 Å². The summed E-state index contributed by atoms with van der Waals surface area (Å²) < 4.78 is 6.94. The first-order valence-electron chi connectivity index (χ1n) is 5.26. The molecule has 1 aromatic rings. The number of hydrogen-bond acceptors (Lipinski definition) is 5. The Labute approximate surface area is 90.0 Å². The van der Waals surface area contributed by atoms with Crippen LogP contribution < -0.4 is 5.32 Å². The zero-order valence-electron chi connectivity index (χ0n) is 9.60. The van der Waals surface area contributed by atoms with Gasteiger partial charge in [-0.2, -0.15) is 0 Å². The van der Waals surface area contributed by atoms with E-state index in [-0.39, 0.29) is 6.10 Å². The first-order valence-corrected chi connectivity index (χ1v) is 5.26. The van der Waals surface area contributed by atoms with Crippen molar-refractivity contribution in [2.24, 2.45) is 0 Å². The Morgan fingerprint density at radius 2 is 2.33 bits per heavy atom. The molecule has 1 aromatic heterocycles. The van der Waals surface area contributed by atoms with Crippen LogP contribution in [0, 0.1) is 0 Å². The van der Waals surface area contributed by atoms with Gasteiger partial charge in [0.05, 0.1) is 19.2 Å². The monoisotopic (exact) mass is 213 g/mol. The second-order valence-corrected chi connectivity index (χ2v) is 3.50. The molecule has 15 heavy (non-hydrogen) atoms. The summed E-state index contributed by atoms with van der Waals surface area (Å²) in [6.07, 6.45) is 1.23. The van der Waals surface area contributed by atoms with Crippen LogP contribution in [-0.4, -0.2) is 40.0 Å². The molecule has 6 heteroatoms. The lowest BCUT2D eigenvalue weighted by molar-refractivity contribution is 0.0982. The number of ether oxygens (including phenoxy) is 1. The Bertz CT molecular complexity index is 275. The van der Waals surface area contributed by atoms with Crippen molar-refractivity contribution < 1.29 is 4.74 Å². The van der Waals surface area contributed by atoms with Crippen molar-refractivity contribution >= 4 is 0 Å². The Hall–Kier alpha value is -1.01. The Kier molecular flexibility index (Phi) is 5.20. The molecule has 0 aromatic carbocycles. The molecule has 0 radical (unpaired) electrons. The summed E-state index contributed by atoms with van der Waals surface area (Å²) in [6, 6.07) is 0. The summed E-state index contributed by atoms with van der Waals surface area (Å²) in [4.78, 5) is 0. The van der Waals surface area contributed by atoms with E-state index in [4.69, 9.17) is 4.74 Å². The molecule has 0 bridgehead atoms. The molecular weight excluding hydrogens is 194 g/mol. The topological polar surface area (TPSA) is 64.9 Å². The predicted octanol–water partition coefficient (Wildman–Crippen LogP) is 0.208. The SMILES string of the molecule is CCCNCc1nnnn1CC(C)OC. The minimum atomic E-state index is 0.124. The van der Waals surface area contributed by atoms with E-state index in [9.17, 15) is 0 Å². The van der Waals surface area contributed by atoms with Gasteiger partial charge >= 0.3 is 0 Å². The lowest BCUT2D eigenvalue weighted by Crippen LogP contribution is -2.22. The van der Waals surface area contributed by atoms with Gasteiger partial charge in [0.25, 0.3) is 0 Å². The maximum atomic E-state index is 5.17. The Balaban J connectivity index is 2.45. The summed E-state index contributed by atoms with van der Waals surface area (Å²) in [6.45, 7) is 6.49.